The Balaban J connectivity index is 2.63. The molecule has 0 atom stereocenters. The van der Waals surface area contributed by atoms with Crippen LogP contribution in [0.1, 0.15) is 6.92 Å². The van der Waals surface area contributed by atoms with E-state index in [1.54, 1.807) is 6.20 Å². The molecule has 0 aromatic carbocycles. The van der Waals surface area contributed by atoms with E-state index in [1.165, 1.54) is 0 Å². The number of hydroxylamine groups is 2. The Morgan fingerprint density at radius 1 is 1.75 bits per heavy atom. The van der Waals surface area contributed by atoms with Crippen LogP contribution in [-0.2, 0) is 5.21 Å². The highest BCUT2D eigenvalue weighted by Gasteiger charge is 1.96. The van der Waals surface area contributed by atoms with Gasteiger partial charge in [-0.25, -0.2) is 5.06 Å². The second kappa shape index (κ2) is 2.01. The molecule has 0 unspecified atom stereocenters. The molecule has 0 saturated carbocycles. The minimum absolute atomic E-state index is 0.497. The molecule has 0 spiro atoms. The van der Waals surface area contributed by atoms with Crippen LogP contribution in [0.3, 0.4) is 0 Å². The molecule has 0 saturated heterocycles. The van der Waals surface area contributed by atoms with Crippen molar-refractivity contribution in [1.29, 1.82) is 0 Å². The van der Waals surface area contributed by atoms with Gasteiger partial charge in [-0.3, -0.25) is 0 Å². The molecule has 1 heterocycles. The summed E-state index contributed by atoms with van der Waals surface area (Å²) in [5.41, 5.74) is 1.02. The van der Waals surface area contributed by atoms with Crippen molar-refractivity contribution in [2.24, 2.45) is 0 Å². The molecule has 0 aromatic heterocycles. The first kappa shape index (κ1) is 5.38. The van der Waals surface area contributed by atoms with Crippen LogP contribution >= 0.6 is 0 Å². The largest absolute Gasteiger partial charge is 0.224 e. The lowest BCUT2D eigenvalue weighted by Crippen LogP contribution is -2.12. The lowest BCUT2D eigenvalue weighted by atomic mass is 10.2. The van der Waals surface area contributed by atoms with E-state index >= 15 is 0 Å². The second-order valence-corrected chi connectivity index (χ2v) is 1.88. The molecule has 1 aliphatic heterocycles. The van der Waals surface area contributed by atoms with Crippen LogP contribution in [0.2, 0.25) is 0 Å². The summed E-state index contributed by atoms with van der Waals surface area (Å²) < 4.78 is 0. The molecule has 1 radical (unpaired) electrons. The molecule has 8 heavy (non-hydrogen) atoms. The predicted molar refractivity (Wildman–Crippen MR) is 30.3 cm³/mol. The van der Waals surface area contributed by atoms with Gasteiger partial charge >= 0.3 is 0 Å². The third-order valence-electron chi connectivity index (χ3n) is 1.01. The zero-order valence-electron chi connectivity index (χ0n) is 4.79. The Morgan fingerprint density at radius 2 is 2.50 bits per heavy atom. The predicted octanol–water partition coefficient (Wildman–Crippen LogP) is 1.11. The molecule has 2 heteroatoms. The summed E-state index contributed by atoms with van der Waals surface area (Å²) in [5.74, 6) is 0. The van der Waals surface area contributed by atoms with Gasteiger partial charge < -0.3 is 0 Å². The van der Waals surface area contributed by atoms with Gasteiger partial charge in [0.05, 0.1) is 6.54 Å². The van der Waals surface area contributed by atoms with Crippen molar-refractivity contribution in [2.45, 2.75) is 6.92 Å². The first-order chi connectivity index (χ1) is 3.79. The monoisotopic (exact) mass is 110 g/mol. The summed E-state index contributed by atoms with van der Waals surface area (Å²) in [7, 11) is 0. The van der Waals surface area contributed by atoms with Gasteiger partial charge in [0.1, 0.15) is 0 Å². The minimum atomic E-state index is 0.497. The summed E-state index contributed by atoms with van der Waals surface area (Å²) in [5, 5.41) is 11.4. The van der Waals surface area contributed by atoms with Crippen molar-refractivity contribution in [3.05, 3.63) is 23.9 Å². The average molecular weight is 110 g/mol. The van der Waals surface area contributed by atoms with Crippen LogP contribution in [-0.4, -0.2) is 11.6 Å². The topological polar surface area (TPSA) is 23.1 Å². The molecule has 0 amide bonds. The highest BCUT2D eigenvalue weighted by molar-refractivity contribution is 5.18. The molecular weight excluding hydrogens is 102 g/mol. The van der Waals surface area contributed by atoms with Gasteiger partial charge in [-0.2, -0.15) is 0 Å². The fraction of sp³-hybridized carbons (Fsp3) is 0.333. The van der Waals surface area contributed by atoms with E-state index in [0.717, 1.165) is 10.6 Å². The van der Waals surface area contributed by atoms with Crippen LogP contribution in [0.25, 0.3) is 0 Å². The van der Waals surface area contributed by atoms with Crippen LogP contribution in [0.15, 0.2) is 23.9 Å². The van der Waals surface area contributed by atoms with Gasteiger partial charge in [-0.05, 0) is 12.5 Å². The number of nitrogens with zero attached hydrogens (tertiary/aromatic N) is 1. The number of allylic oxidation sites excluding steroid dienone is 2. The van der Waals surface area contributed by atoms with Crippen molar-refractivity contribution < 1.29 is 5.21 Å². The van der Waals surface area contributed by atoms with E-state index < -0.39 is 0 Å². The van der Waals surface area contributed by atoms with Gasteiger partial charge in [-0.15, -0.1) is 0 Å². The van der Waals surface area contributed by atoms with Gasteiger partial charge in [0.25, 0.3) is 0 Å². The number of rotatable bonds is 0. The first-order valence-corrected chi connectivity index (χ1v) is 2.58. The maximum atomic E-state index is 10.5. The average Bonchev–Trinajstić information content (AvgIpc) is 1.64. The Hall–Kier alpha value is -0.760. The zero-order chi connectivity index (χ0) is 5.98. The molecule has 43 valence electrons. The van der Waals surface area contributed by atoms with E-state index in [-0.39, 0.29) is 0 Å². The van der Waals surface area contributed by atoms with Crippen LogP contribution < -0.4 is 0 Å². The Kier molecular flexibility index (Phi) is 1.35. The normalized spacial score (nSPS) is 18.8. The molecule has 0 N–H and O–H groups in total. The fourth-order valence-electron chi connectivity index (χ4n) is 0.665. The molecular formula is C6H8NO. The third kappa shape index (κ3) is 1.10. The lowest BCUT2D eigenvalue weighted by molar-refractivity contribution is -0.105. The van der Waals surface area contributed by atoms with E-state index in [2.05, 4.69) is 0 Å². The molecule has 0 fully saturated rings. The van der Waals surface area contributed by atoms with Gasteiger partial charge in [0, 0.05) is 6.20 Å². The fourth-order valence-corrected chi connectivity index (χ4v) is 0.665. The molecule has 0 aromatic rings. The van der Waals surface area contributed by atoms with Crippen molar-refractivity contribution in [1.82, 2.24) is 5.06 Å². The smallest absolute Gasteiger partial charge is 0.0664 e. The van der Waals surface area contributed by atoms with E-state index in [1.807, 2.05) is 19.1 Å². The standard InChI is InChI=1S/C6H8NO/c1-6-3-2-4-7(8)5-6/h2-3,5H,4H2,1H3. The molecule has 0 aliphatic carbocycles. The third-order valence-corrected chi connectivity index (χ3v) is 1.01. The Morgan fingerprint density at radius 3 is 2.88 bits per heavy atom. The van der Waals surface area contributed by atoms with Crippen LogP contribution in [0.5, 0.6) is 0 Å². The maximum Gasteiger partial charge on any atom is 0.0664 e. The van der Waals surface area contributed by atoms with Crippen molar-refractivity contribution in [2.75, 3.05) is 6.54 Å². The minimum Gasteiger partial charge on any atom is -0.224 e. The van der Waals surface area contributed by atoms with E-state index in [4.69, 9.17) is 0 Å². The molecule has 1 rings (SSSR count). The van der Waals surface area contributed by atoms with Crippen molar-refractivity contribution in [3.63, 3.8) is 0 Å². The Labute approximate surface area is 48.7 Å². The lowest BCUT2D eigenvalue weighted by Gasteiger charge is -2.09. The maximum absolute atomic E-state index is 10.5. The quantitative estimate of drug-likeness (QED) is 0.458. The summed E-state index contributed by atoms with van der Waals surface area (Å²) in [6.07, 6.45) is 5.37. The van der Waals surface area contributed by atoms with Crippen molar-refractivity contribution >= 4 is 0 Å². The van der Waals surface area contributed by atoms with E-state index in [9.17, 15) is 5.21 Å². The summed E-state index contributed by atoms with van der Waals surface area (Å²) in [6.45, 7) is 2.40. The van der Waals surface area contributed by atoms with E-state index in [0.29, 0.717) is 6.54 Å². The SMILES string of the molecule is CC1=CN([O])CC=C1. The molecule has 1 aliphatic rings. The molecule has 0 bridgehead atoms. The summed E-state index contributed by atoms with van der Waals surface area (Å²) >= 11 is 0. The van der Waals surface area contributed by atoms with Crippen LogP contribution in [0, 0.1) is 0 Å². The first-order valence-electron chi connectivity index (χ1n) is 2.58. The van der Waals surface area contributed by atoms with Crippen molar-refractivity contribution in [3.8, 4) is 0 Å². The van der Waals surface area contributed by atoms with Gasteiger partial charge in [0.2, 0.25) is 0 Å². The zero-order valence-corrected chi connectivity index (χ0v) is 4.79. The summed E-state index contributed by atoms with van der Waals surface area (Å²) in [4.78, 5) is 0. The molecule has 2 nitrogen and oxygen atoms in total. The summed E-state index contributed by atoms with van der Waals surface area (Å²) in [6, 6.07) is 0. The number of hydrogen-bond acceptors (Lipinski definition) is 1. The van der Waals surface area contributed by atoms with Gasteiger partial charge in [0.15, 0.2) is 0 Å². The highest BCUT2D eigenvalue weighted by Crippen LogP contribution is 2.02. The second-order valence-electron chi connectivity index (χ2n) is 1.88. The highest BCUT2D eigenvalue weighted by atomic mass is 16.5. The van der Waals surface area contributed by atoms with Crippen LogP contribution in [0.4, 0.5) is 0 Å². The number of hydrogen-bond donors (Lipinski definition) is 0. The van der Waals surface area contributed by atoms with Gasteiger partial charge in [-0.1, -0.05) is 17.4 Å². The Bertz CT molecular complexity index is 137.